The molecule has 1 unspecified atom stereocenters. The molecule has 0 bridgehead atoms. The van der Waals surface area contributed by atoms with E-state index in [0.29, 0.717) is 0 Å². The Kier molecular flexibility index (Phi) is 3.58. The third-order valence-corrected chi connectivity index (χ3v) is 2.87. The number of hydrogen-bond acceptors (Lipinski definition) is 3. The van der Waals surface area contributed by atoms with Gasteiger partial charge in [-0.1, -0.05) is 6.92 Å². The minimum absolute atomic E-state index is 0.0131. The molecule has 0 aromatic heterocycles. The van der Waals surface area contributed by atoms with E-state index in [1.54, 1.807) is 13.2 Å². The number of benzene rings is 1. The lowest BCUT2D eigenvalue weighted by molar-refractivity contribution is 0.270. The summed E-state index contributed by atoms with van der Waals surface area (Å²) in [7, 11) is 1.60. The highest BCUT2D eigenvalue weighted by Crippen LogP contribution is 2.36. The highest BCUT2D eigenvalue weighted by atomic mass is 16.5. The van der Waals surface area contributed by atoms with Gasteiger partial charge in [0.15, 0.2) is 0 Å². The Morgan fingerprint density at radius 1 is 1.33 bits per heavy atom. The van der Waals surface area contributed by atoms with E-state index in [1.807, 2.05) is 20.8 Å². The molecule has 0 heterocycles. The van der Waals surface area contributed by atoms with Crippen molar-refractivity contribution in [3.8, 4) is 11.5 Å². The fourth-order valence-electron chi connectivity index (χ4n) is 1.58. The Balaban J connectivity index is 3.35. The molecular formula is C12H18O3. The Hall–Kier alpha value is -1.22. The molecule has 15 heavy (non-hydrogen) atoms. The van der Waals surface area contributed by atoms with Crippen LogP contribution in [0.15, 0.2) is 6.07 Å². The van der Waals surface area contributed by atoms with Gasteiger partial charge in [-0.15, -0.1) is 0 Å². The SMILES string of the molecule is COc1cc(C(C)CO)c(O)c(C)c1C. The summed E-state index contributed by atoms with van der Waals surface area (Å²) >= 11 is 0. The lowest BCUT2D eigenvalue weighted by atomic mass is 9.95. The highest BCUT2D eigenvalue weighted by molar-refractivity contribution is 5.52. The van der Waals surface area contributed by atoms with Crippen molar-refractivity contribution in [2.24, 2.45) is 0 Å². The molecule has 0 radical (unpaired) electrons. The molecule has 3 heteroatoms. The molecule has 0 fully saturated rings. The van der Waals surface area contributed by atoms with Crippen LogP contribution >= 0.6 is 0 Å². The molecule has 1 aromatic rings. The molecule has 84 valence electrons. The van der Waals surface area contributed by atoms with Gasteiger partial charge in [0.05, 0.1) is 7.11 Å². The molecular weight excluding hydrogens is 192 g/mol. The van der Waals surface area contributed by atoms with Crippen molar-refractivity contribution in [3.63, 3.8) is 0 Å². The monoisotopic (exact) mass is 210 g/mol. The molecule has 1 aromatic carbocycles. The Labute approximate surface area is 90.3 Å². The third kappa shape index (κ3) is 2.07. The maximum atomic E-state index is 9.93. The van der Waals surface area contributed by atoms with E-state index >= 15 is 0 Å². The molecule has 0 saturated heterocycles. The Morgan fingerprint density at radius 3 is 2.40 bits per heavy atom. The van der Waals surface area contributed by atoms with Crippen LogP contribution in [0.4, 0.5) is 0 Å². The first-order valence-electron chi connectivity index (χ1n) is 5.00. The summed E-state index contributed by atoms with van der Waals surface area (Å²) < 4.78 is 5.22. The topological polar surface area (TPSA) is 49.7 Å². The zero-order valence-electron chi connectivity index (χ0n) is 9.66. The van der Waals surface area contributed by atoms with E-state index < -0.39 is 0 Å². The number of phenolic OH excluding ortho intramolecular Hbond substituents is 1. The molecule has 2 N–H and O–H groups in total. The smallest absolute Gasteiger partial charge is 0.122 e. The van der Waals surface area contributed by atoms with Crippen LogP contribution in [0, 0.1) is 13.8 Å². The molecule has 0 spiro atoms. The van der Waals surface area contributed by atoms with E-state index in [9.17, 15) is 5.11 Å². The quantitative estimate of drug-likeness (QED) is 0.803. The fourth-order valence-corrected chi connectivity index (χ4v) is 1.58. The second-order valence-electron chi connectivity index (χ2n) is 3.85. The zero-order chi connectivity index (χ0) is 11.6. The van der Waals surface area contributed by atoms with Gasteiger partial charge in [-0.3, -0.25) is 0 Å². The minimum Gasteiger partial charge on any atom is -0.507 e. The first kappa shape index (κ1) is 11.9. The van der Waals surface area contributed by atoms with Crippen LogP contribution in [-0.4, -0.2) is 23.9 Å². The van der Waals surface area contributed by atoms with Gasteiger partial charge in [-0.05, 0) is 31.0 Å². The van der Waals surface area contributed by atoms with Crippen molar-refractivity contribution in [2.75, 3.05) is 13.7 Å². The highest BCUT2D eigenvalue weighted by Gasteiger charge is 2.16. The van der Waals surface area contributed by atoms with E-state index in [1.165, 1.54) is 0 Å². The number of aromatic hydroxyl groups is 1. The van der Waals surface area contributed by atoms with Crippen molar-refractivity contribution in [1.29, 1.82) is 0 Å². The standard InChI is InChI=1S/C12H18O3/c1-7(6-13)10-5-11(15-4)8(2)9(3)12(10)14/h5,7,13-14H,6H2,1-4H3. The summed E-state index contributed by atoms with van der Waals surface area (Å²) in [5.74, 6) is 0.925. The Morgan fingerprint density at radius 2 is 1.93 bits per heavy atom. The average Bonchev–Trinajstić information content (AvgIpc) is 2.25. The largest absolute Gasteiger partial charge is 0.507 e. The first-order valence-corrected chi connectivity index (χ1v) is 5.00. The van der Waals surface area contributed by atoms with Crippen LogP contribution in [0.3, 0.4) is 0 Å². The number of ether oxygens (including phenoxy) is 1. The fraction of sp³-hybridized carbons (Fsp3) is 0.500. The lowest BCUT2D eigenvalue weighted by Crippen LogP contribution is -2.02. The van der Waals surface area contributed by atoms with Crippen LogP contribution in [0.25, 0.3) is 0 Å². The van der Waals surface area contributed by atoms with E-state index in [-0.39, 0.29) is 18.3 Å². The number of aliphatic hydroxyl groups excluding tert-OH is 1. The molecule has 0 aliphatic heterocycles. The van der Waals surface area contributed by atoms with Crippen molar-refractivity contribution >= 4 is 0 Å². The van der Waals surface area contributed by atoms with Gasteiger partial charge in [0.1, 0.15) is 11.5 Å². The van der Waals surface area contributed by atoms with Crippen LogP contribution in [0.2, 0.25) is 0 Å². The van der Waals surface area contributed by atoms with Crippen molar-refractivity contribution in [1.82, 2.24) is 0 Å². The predicted octanol–water partition coefficient (Wildman–Crippen LogP) is 2.11. The van der Waals surface area contributed by atoms with Gasteiger partial charge in [-0.25, -0.2) is 0 Å². The second kappa shape index (κ2) is 4.53. The van der Waals surface area contributed by atoms with Gasteiger partial charge in [0.2, 0.25) is 0 Å². The first-order chi connectivity index (χ1) is 7.02. The summed E-state index contributed by atoms with van der Waals surface area (Å²) in [6.07, 6.45) is 0. The van der Waals surface area contributed by atoms with Gasteiger partial charge < -0.3 is 14.9 Å². The number of methoxy groups -OCH3 is 1. The van der Waals surface area contributed by atoms with E-state index in [4.69, 9.17) is 9.84 Å². The zero-order valence-corrected chi connectivity index (χ0v) is 9.66. The van der Waals surface area contributed by atoms with Gasteiger partial charge in [0.25, 0.3) is 0 Å². The summed E-state index contributed by atoms with van der Waals surface area (Å²) in [6, 6.07) is 1.79. The number of rotatable bonds is 3. The van der Waals surface area contributed by atoms with Crippen molar-refractivity contribution < 1.29 is 14.9 Å². The van der Waals surface area contributed by atoms with Gasteiger partial charge in [0, 0.05) is 18.1 Å². The average molecular weight is 210 g/mol. The summed E-state index contributed by atoms with van der Waals surface area (Å²) in [5, 5.41) is 19.0. The number of hydrogen-bond donors (Lipinski definition) is 2. The summed E-state index contributed by atoms with van der Waals surface area (Å²) in [5.41, 5.74) is 2.48. The summed E-state index contributed by atoms with van der Waals surface area (Å²) in [4.78, 5) is 0. The molecule has 0 aliphatic rings. The number of phenols is 1. The van der Waals surface area contributed by atoms with Gasteiger partial charge in [-0.2, -0.15) is 0 Å². The van der Waals surface area contributed by atoms with Crippen LogP contribution in [-0.2, 0) is 0 Å². The van der Waals surface area contributed by atoms with Crippen LogP contribution < -0.4 is 4.74 Å². The molecule has 1 atom stereocenters. The molecule has 0 aliphatic carbocycles. The Bertz CT molecular complexity index is 358. The molecule has 3 nitrogen and oxygen atoms in total. The minimum atomic E-state index is -0.0850. The van der Waals surface area contributed by atoms with E-state index in [0.717, 1.165) is 22.4 Å². The predicted molar refractivity (Wildman–Crippen MR) is 59.6 cm³/mol. The summed E-state index contributed by atoms with van der Waals surface area (Å²) in [6.45, 7) is 5.63. The normalized spacial score (nSPS) is 12.6. The van der Waals surface area contributed by atoms with Crippen LogP contribution in [0.1, 0.15) is 29.5 Å². The van der Waals surface area contributed by atoms with Crippen LogP contribution in [0.5, 0.6) is 11.5 Å². The second-order valence-corrected chi connectivity index (χ2v) is 3.85. The molecule has 1 rings (SSSR count). The molecule has 0 saturated carbocycles. The lowest BCUT2D eigenvalue weighted by Gasteiger charge is -2.17. The maximum absolute atomic E-state index is 9.93. The third-order valence-electron chi connectivity index (χ3n) is 2.87. The van der Waals surface area contributed by atoms with E-state index in [2.05, 4.69) is 0 Å². The number of aliphatic hydroxyl groups is 1. The molecule has 0 amide bonds. The maximum Gasteiger partial charge on any atom is 0.122 e. The van der Waals surface area contributed by atoms with Crippen molar-refractivity contribution in [3.05, 3.63) is 22.8 Å². The van der Waals surface area contributed by atoms with Gasteiger partial charge >= 0.3 is 0 Å². The van der Waals surface area contributed by atoms with Crippen molar-refractivity contribution in [2.45, 2.75) is 26.7 Å².